The van der Waals surface area contributed by atoms with E-state index in [1.807, 2.05) is 24.3 Å². The number of benzene rings is 1. The van der Waals surface area contributed by atoms with Crippen molar-refractivity contribution in [2.24, 2.45) is 5.92 Å². The van der Waals surface area contributed by atoms with Gasteiger partial charge in [0.2, 0.25) is 0 Å². The van der Waals surface area contributed by atoms with Crippen LogP contribution in [0.4, 0.5) is 5.69 Å². The molecule has 0 spiro atoms. The van der Waals surface area contributed by atoms with Crippen molar-refractivity contribution in [2.45, 2.75) is 19.4 Å². The number of nitrogens with one attached hydrogen (secondary N) is 1. The molecule has 1 aromatic carbocycles. The quantitative estimate of drug-likeness (QED) is 0.817. The summed E-state index contributed by atoms with van der Waals surface area (Å²) in [5.74, 6) is 0.598. The first-order valence-electron chi connectivity index (χ1n) is 5.90. The van der Waals surface area contributed by atoms with E-state index in [-0.39, 0.29) is 6.61 Å². The van der Waals surface area contributed by atoms with Gasteiger partial charge in [0.25, 0.3) is 0 Å². The predicted molar refractivity (Wildman–Crippen MR) is 64.4 cm³/mol. The molecule has 1 fully saturated rings. The first kappa shape index (κ1) is 11.4. The molecule has 0 bridgehead atoms. The number of para-hydroxylation sites is 1. The van der Waals surface area contributed by atoms with E-state index in [4.69, 9.17) is 4.74 Å². The maximum Gasteiger partial charge on any atom is 0.0701 e. The lowest BCUT2D eigenvalue weighted by Gasteiger charge is -2.23. The molecule has 0 saturated carbocycles. The molecule has 1 unspecified atom stereocenters. The molecular formula is C13H19NO2. The van der Waals surface area contributed by atoms with Gasteiger partial charge in [-0.05, 0) is 24.8 Å². The van der Waals surface area contributed by atoms with Gasteiger partial charge in [-0.2, -0.15) is 0 Å². The Kier molecular flexibility index (Phi) is 4.19. The largest absolute Gasteiger partial charge is 0.392 e. The van der Waals surface area contributed by atoms with Gasteiger partial charge in [-0.3, -0.25) is 0 Å². The molecule has 3 nitrogen and oxygen atoms in total. The maximum absolute atomic E-state index is 9.19. The predicted octanol–water partition coefficient (Wildman–Crippen LogP) is 2.02. The normalized spacial score (nSPS) is 20.7. The summed E-state index contributed by atoms with van der Waals surface area (Å²) in [6.07, 6.45) is 2.39. The SMILES string of the molecule is OCc1ccccc1NCC1CCCOC1. The summed E-state index contributed by atoms with van der Waals surface area (Å²) >= 11 is 0. The van der Waals surface area contributed by atoms with E-state index in [0.717, 1.165) is 37.4 Å². The van der Waals surface area contributed by atoms with Crippen LogP contribution in [0.25, 0.3) is 0 Å². The van der Waals surface area contributed by atoms with Crippen molar-refractivity contribution in [3.05, 3.63) is 29.8 Å². The molecule has 0 amide bonds. The second-order valence-electron chi connectivity index (χ2n) is 4.28. The molecule has 3 heteroatoms. The monoisotopic (exact) mass is 221 g/mol. The molecule has 1 aliphatic rings. The number of aliphatic hydroxyl groups excluding tert-OH is 1. The Morgan fingerprint density at radius 3 is 3.00 bits per heavy atom. The molecule has 2 N–H and O–H groups in total. The Balaban J connectivity index is 1.88. The van der Waals surface area contributed by atoms with Crippen molar-refractivity contribution >= 4 is 5.69 Å². The summed E-state index contributed by atoms with van der Waals surface area (Å²) in [7, 11) is 0. The summed E-state index contributed by atoms with van der Waals surface area (Å²) < 4.78 is 5.44. The molecule has 1 heterocycles. The Bertz CT molecular complexity index is 321. The van der Waals surface area contributed by atoms with E-state index in [1.165, 1.54) is 6.42 Å². The molecule has 0 aliphatic carbocycles. The van der Waals surface area contributed by atoms with Crippen LogP contribution in [-0.2, 0) is 11.3 Å². The molecule has 0 radical (unpaired) electrons. The first-order chi connectivity index (χ1) is 7.90. The lowest BCUT2D eigenvalue weighted by molar-refractivity contribution is 0.0595. The fourth-order valence-electron chi connectivity index (χ4n) is 2.05. The van der Waals surface area contributed by atoms with Crippen LogP contribution in [0.15, 0.2) is 24.3 Å². The Hall–Kier alpha value is -1.06. The fraction of sp³-hybridized carbons (Fsp3) is 0.538. The zero-order valence-corrected chi connectivity index (χ0v) is 9.48. The number of aliphatic hydroxyl groups is 1. The minimum atomic E-state index is 0.0876. The van der Waals surface area contributed by atoms with Crippen molar-refractivity contribution in [1.29, 1.82) is 0 Å². The van der Waals surface area contributed by atoms with E-state index in [1.54, 1.807) is 0 Å². The topological polar surface area (TPSA) is 41.5 Å². The number of ether oxygens (including phenoxy) is 1. The zero-order chi connectivity index (χ0) is 11.2. The molecule has 1 aliphatic heterocycles. The Morgan fingerprint density at radius 2 is 2.25 bits per heavy atom. The van der Waals surface area contributed by atoms with Crippen LogP contribution in [0.1, 0.15) is 18.4 Å². The van der Waals surface area contributed by atoms with Crippen molar-refractivity contribution in [3.63, 3.8) is 0 Å². The molecule has 1 atom stereocenters. The van der Waals surface area contributed by atoms with E-state index in [2.05, 4.69) is 5.32 Å². The average Bonchev–Trinajstić information content (AvgIpc) is 2.38. The van der Waals surface area contributed by atoms with E-state index >= 15 is 0 Å². The number of rotatable bonds is 4. The van der Waals surface area contributed by atoms with E-state index in [0.29, 0.717) is 5.92 Å². The van der Waals surface area contributed by atoms with Crippen molar-refractivity contribution in [1.82, 2.24) is 0 Å². The Labute approximate surface area is 96.4 Å². The van der Waals surface area contributed by atoms with Gasteiger partial charge in [0, 0.05) is 24.4 Å². The molecule has 1 aromatic rings. The third kappa shape index (κ3) is 2.97. The summed E-state index contributed by atoms with van der Waals surface area (Å²) in [5.41, 5.74) is 2.00. The summed E-state index contributed by atoms with van der Waals surface area (Å²) in [6.45, 7) is 2.78. The number of hydrogen-bond donors (Lipinski definition) is 2. The van der Waals surface area contributed by atoms with Crippen LogP contribution in [0.5, 0.6) is 0 Å². The van der Waals surface area contributed by atoms with Gasteiger partial charge in [-0.25, -0.2) is 0 Å². The minimum Gasteiger partial charge on any atom is -0.392 e. The minimum absolute atomic E-state index is 0.0876. The number of anilines is 1. The highest BCUT2D eigenvalue weighted by atomic mass is 16.5. The van der Waals surface area contributed by atoms with Crippen LogP contribution in [0, 0.1) is 5.92 Å². The smallest absolute Gasteiger partial charge is 0.0701 e. The summed E-state index contributed by atoms with van der Waals surface area (Å²) in [6, 6.07) is 7.88. The first-order valence-corrected chi connectivity index (χ1v) is 5.90. The Morgan fingerprint density at radius 1 is 1.38 bits per heavy atom. The zero-order valence-electron chi connectivity index (χ0n) is 9.48. The van der Waals surface area contributed by atoms with E-state index < -0.39 is 0 Å². The lowest BCUT2D eigenvalue weighted by Crippen LogP contribution is -2.24. The highest BCUT2D eigenvalue weighted by Crippen LogP contribution is 2.18. The molecule has 0 aromatic heterocycles. The maximum atomic E-state index is 9.19. The van der Waals surface area contributed by atoms with Crippen molar-refractivity contribution in [3.8, 4) is 0 Å². The molecule has 1 saturated heterocycles. The third-order valence-corrected chi connectivity index (χ3v) is 3.02. The van der Waals surface area contributed by atoms with Crippen LogP contribution in [0.3, 0.4) is 0 Å². The molecular weight excluding hydrogens is 202 g/mol. The van der Waals surface area contributed by atoms with Crippen LogP contribution in [0.2, 0.25) is 0 Å². The van der Waals surface area contributed by atoms with Gasteiger partial charge in [0.05, 0.1) is 13.2 Å². The van der Waals surface area contributed by atoms with Gasteiger partial charge < -0.3 is 15.2 Å². The highest BCUT2D eigenvalue weighted by molar-refractivity contribution is 5.50. The second kappa shape index (κ2) is 5.87. The van der Waals surface area contributed by atoms with Gasteiger partial charge >= 0.3 is 0 Å². The van der Waals surface area contributed by atoms with Crippen LogP contribution < -0.4 is 5.32 Å². The fourth-order valence-corrected chi connectivity index (χ4v) is 2.05. The molecule has 88 valence electrons. The summed E-state index contributed by atoms with van der Waals surface area (Å²) in [5, 5.41) is 12.6. The summed E-state index contributed by atoms with van der Waals surface area (Å²) in [4.78, 5) is 0. The van der Waals surface area contributed by atoms with E-state index in [9.17, 15) is 5.11 Å². The number of hydrogen-bond acceptors (Lipinski definition) is 3. The standard InChI is InChI=1S/C13H19NO2/c15-9-12-5-1-2-6-13(12)14-8-11-4-3-7-16-10-11/h1-2,5-6,11,14-15H,3-4,7-10H2. The van der Waals surface area contributed by atoms with Crippen molar-refractivity contribution in [2.75, 3.05) is 25.1 Å². The van der Waals surface area contributed by atoms with Gasteiger partial charge in [0.1, 0.15) is 0 Å². The molecule has 16 heavy (non-hydrogen) atoms. The van der Waals surface area contributed by atoms with Crippen LogP contribution >= 0.6 is 0 Å². The molecule has 2 rings (SSSR count). The average molecular weight is 221 g/mol. The van der Waals surface area contributed by atoms with Gasteiger partial charge in [0.15, 0.2) is 0 Å². The highest BCUT2D eigenvalue weighted by Gasteiger charge is 2.13. The third-order valence-electron chi connectivity index (χ3n) is 3.02. The van der Waals surface area contributed by atoms with Crippen LogP contribution in [-0.4, -0.2) is 24.9 Å². The second-order valence-corrected chi connectivity index (χ2v) is 4.28. The lowest BCUT2D eigenvalue weighted by atomic mass is 10.0. The van der Waals surface area contributed by atoms with Gasteiger partial charge in [-0.1, -0.05) is 18.2 Å². The van der Waals surface area contributed by atoms with Crippen molar-refractivity contribution < 1.29 is 9.84 Å². The van der Waals surface area contributed by atoms with Gasteiger partial charge in [-0.15, -0.1) is 0 Å².